The molecule has 3 N–H and O–H groups in total. The van der Waals surface area contributed by atoms with E-state index >= 15 is 0 Å². The largest absolute Gasteiger partial charge is 0.342 e. The molecular formula is C16H25N3O3S. The van der Waals surface area contributed by atoms with Gasteiger partial charge in [-0.2, -0.15) is 0 Å². The van der Waals surface area contributed by atoms with E-state index in [0.717, 1.165) is 37.9 Å². The van der Waals surface area contributed by atoms with Gasteiger partial charge in [0.2, 0.25) is 15.9 Å². The second kappa shape index (κ2) is 7.90. The Kier molecular flexibility index (Phi) is 6.15. The number of hydrogen-bond donors (Lipinski definition) is 2. The van der Waals surface area contributed by atoms with E-state index in [1.54, 1.807) is 12.1 Å². The fraction of sp³-hybridized carbons (Fsp3) is 0.562. The molecule has 2 rings (SSSR count). The maximum atomic E-state index is 12.1. The van der Waals surface area contributed by atoms with Gasteiger partial charge in [0.05, 0.1) is 11.4 Å². The minimum atomic E-state index is -3.64. The zero-order chi connectivity index (χ0) is 16.9. The molecule has 0 aliphatic carbocycles. The standard InChI is InChI=1S/C16H25N3O3S/c1-13-7-10-19(11-8-13)16(20)12-18-9-6-14-2-4-15(5-3-14)23(17,21)22/h2-5,13,18H,6-12H2,1H3,(H2,17,21,22). The second-order valence-electron chi connectivity index (χ2n) is 6.18. The average molecular weight is 339 g/mol. The molecule has 0 bridgehead atoms. The SMILES string of the molecule is CC1CCN(C(=O)CNCCc2ccc(S(N)(=O)=O)cc2)CC1. The number of sulfonamides is 1. The van der Waals surface area contributed by atoms with Crippen molar-refractivity contribution < 1.29 is 13.2 Å². The molecule has 0 atom stereocenters. The highest BCUT2D eigenvalue weighted by Gasteiger charge is 2.19. The Balaban J connectivity index is 1.70. The van der Waals surface area contributed by atoms with Crippen LogP contribution < -0.4 is 10.5 Å². The molecule has 6 nitrogen and oxygen atoms in total. The van der Waals surface area contributed by atoms with E-state index in [1.807, 2.05) is 4.90 Å². The van der Waals surface area contributed by atoms with Crippen LogP contribution in [0.25, 0.3) is 0 Å². The van der Waals surface area contributed by atoms with E-state index in [9.17, 15) is 13.2 Å². The Hall–Kier alpha value is -1.44. The van der Waals surface area contributed by atoms with Crippen LogP contribution in [0.2, 0.25) is 0 Å². The number of piperidine rings is 1. The van der Waals surface area contributed by atoms with Gasteiger partial charge < -0.3 is 10.2 Å². The number of hydrogen-bond acceptors (Lipinski definition) is 4. The van der Waals surface area contributed by atoms with E-state index in [2.05, 4.69) is 12.2 Å². The number of nitrogens with one attached hydrogen (secondary N) is 1. The molecule has 0 spiro atoms. The Bertz CT molecular complexity index is 620. The van der Waals surface area contributed by atoms with Gasteiger partial charge in [-0.15, -0.1) is 0 Å². The van der Waals surface area contributed by atoms with Crippen molar-refractivity contribution in [3.05, 3.63) is 29.8 Å². The van der Waals surface area contributed by atoms with Crippen molar-refractivity contribution in [2.24, 2.45) is 11.1 Å². The van der Waals surface area contributed by atoms with Gasteiger partial charge in [-0.25, -0.2) is 13.6 Å². The quantitative estimate of drug-likeness (QED) is 0.747. The first kappa shape index (κ1) is 17.9. The Morgan fingerprint density at radius 1 is 1.26 bits per heavy atom. The normalized spacial score (nSPS) is 16.5. The molecule has 7 heteroatoms. The first-order valence-electron chi connectivity index (χ1n) is 7.96. The number of nitrogens with two attached hydrogens (primary N) is 1. The number of benzene rings is 1. The van der Waals surface area contributed by atoms with Gasteiger partial charge in [0.25, 0.3) is 0 Å². The predicted molar refractivity (Wildman–Crippen MR) is 89.4 cm³/mol. The van der Waals surface area contributed by atoms with Crippen molar-refractivity contribution in [1.29, 1.82) is 0 Å². The zero-order valence-electron chi connectivity index (χ0n) is 13.5. The minimum absolute atomic E-state index is 0.115. The number of carbonyl (C=O) groups excluding carboxylic acids is 1. The van der Waals surface area contributed by atoms with Crippen LogP contribution in [0.4, 0.5) is 0 Å². The van der Waals surface area contributed by atoms with E-state index < -0.39 is 10.0 Å². The summed E-state index contributed by atoms with van der Waals surface area (Å²) >= 11 is 0. The third-order valence-electron chi connectivity index (χ3n) is 4.25. The van der Waals surface area contributed by atoms with Gasteiger partial charge in [0, 0.05) is 13.1 Å². The van der Waals surface area contributed by atoms with Crippen molar-refractivity contribution in [3.63, 3.8) is 0 Å². The molecule has 23 heavy (non-hydrogen) atoms. The lowest BCUT2D eigenvalue weighted by Gasteiger charge is -2.30. The summed E-state index contributed by atoms with van der Waals surface area (Å²) in [5, 5.41) is 8.21. The monoisotopic (exact) mass is 339 g/mol. The number of likely N-dealkylation sites (tertiary alicyclic amines) is 1. The van der Waals surface area contributed by atoms with E-state index in [1.165, 1.54) is 12.1 Å². The van der Waals surface area contributed by atoms with Gasteiger partial charge >= 0.3 is 0 Å². The van der Waals surface area contributed by atoms with Crippen molar-refractivity contribution in [3.8, 4) is 0 Å². The molecule has 1 fully saturated rings. The summed E-state index contributed by atoms with van der Waals surface area (Å²) in [4.78, 5) is 14.1. The van der Waals surface area contributed by atoms with Crippen molar-refractivity contribution >= 4 is 15.9 Å². The van der Waals surface area contributed by atoms with Gasteiger partial charge in [0.15, 0.2) is 0 Å². The maximum Gasteiger partial charge on any atom is 0.238 e. The zero-order valence-corrected chi connectivity index (χ0v) is 14.3. The predicted octanol–water partition coefficient (Wildman–Crippen LogP) is 0.725. The molecular weight excluding hydrogens is 314 g/mol. The molecule has 1 aromatic rings. The van der Waals surface area contributed by atoms with Crippen LogP contribution >= 0.6 is 0 Å². The Morgan fingerprint density at radius 3 is 2.43 bits per heavy atom. The number of nitrogens with zero attached hydrogens (tertiary/aromatic N) is 1. The van der Waals surface area contributed by atoms with Gasteiger partial charge in [-0.05, 0) is 49.4 Å². The molecule has 1 aromatic carbocycles. The lowest BCUT2D eigenvalue weighted by molar-refractivity contribution is -0.131. The first-order valence-corrected chi connectivity index (χ1v) is 9.51. The highest BCUT2D eigenvalue weighted by molar-refractivity contribution is 7.89. The first-order chi connectivity index (χ1) is 10.9. The highest BCUT2D eigenvalue weighted by atomic mass is 32.2. The van der Waals surface area contributed by atoms with E-state index in [4.69, 9.17) is 5.14 Å². The smallest absolute Gasteiger partial charge is 0.238 e. The summed E-state index contributed by atoms with van der Waals surface area (Å²) in [5.41, 5.74) is 1.00. The van der Waals surface area contributed by atoms with E-state index in [0.29, 0.717) is 19.0 Å². The van der Waals surface area contributed by atoms with Crippen LogP contribution in [0.5, 0.6) is 0 Å². The third kappa shape index (κ3) is 5.60. The lowest BCUT2D eigenvalue weighted by Crippen LogP contribution is -2.42. The number of rotatable bonds is 6. The molecule has 128 valence electrons. The fourth-order valence-corrected chi connectivity index (χ4v) is 3.16. The summed E-state index contributed by atoms with van der Waals surface area (Å²) < 4.78 is 22.3. The topological polar surface area (TPSA) is 92.5 Å². The molecule has 0 radical (unpaired) electrons. The van der Waals surface area contributed by atoms with Gasteiger partial charge in [0.1, 0.15) is 0 Å². The van der Waals surface area contributed by atoms with Crippen molar-refractivity contribution in [1.82, 2.24) is 10.2 Å². The molecule has 1 amide bonds. The summed E-state index contributed by atoms with van der Waals surface area (Å²) in [7, 11) is -3.64. The molecule has 0 aromatic heterocycles. The van der Waals surface area contributed by atoms with Crippen LogP contribution in [-0.2, 0) is 21.2 Å². The van der Waals surface area contributed by atoms with Crippen molar-refractivity contribution in [2.75, 3.05) is 26.2 Å². The fourth-order valence-electron chi connectivity index (χ4n) is 2.64. The van der Waals surface area contributed by atoms with Gasteiger partial charge in [-0.3, -0.25) is 4.79 Å². The molecule has 1 aliphatic rings. The highest BCUT2D eigenvalue weighted by Crippen LogP contribution is 2.15. The van der Waals surface area contributed by atoms with Crippen LogP contribution in [0, 0.1) is 5.92 Å². The number of carbonyl (C=O) groups is 1. The van der Waals surface area contributed by atoms with Gasteiger partial charge in [-0.1, -0.05) is 19.1 Å². The van der Waals surface area contributed by atoms with Crippen LogP contribution in [0.3, 0.4) is 0 Å². The molecule has 0 saturated carbocycles. The molecule has 0 unspecified atom stereocenters. The summed E-state index contributed by atoms with van der Waals surface area (Å²) in [6.07, 6.45) is 2.90. The van der Waals surface area contributed by atoms with Crippen LogP contribution in [-0.4, -0.2) is 45.4 Å². The van der Waals surface area contributed by atoms with E-state index in [-0.39, 0.29) is 10.8 Å². The summed E-state index contributed by atoms with van der Waals surface area (Å²) in [6, 6.07) is 6.50. The maximum absolute atomic E-state index is 12.1. The third-order valence-corrected chi connectivity index (χ3v) is 5.18. The second-order valence-corrected chi connectivity index (χ2v) is 7.74. The summed E-state index contributed by atoms with van der Waals surface area (Å²) in [6.45, 7) is 4.96. The minimum Gasteiger partial charge on any atom is -0.342 e. The van der Waals surface area contributed by atoms with Crippen LogP contribution in [0.1, 0.15) is 25.3 Å². The molecule has 1 heterocycles. The Labute approximate surface area is 138 Å². The summed E-state index contributed by atoms with van der Waals surface area (Å²) in [5.74, 6) is 0.869. The average Bonchev–Trinajstić information content (AvgIpc) is 2.51. The Morgan fingerprint density at radius 2 is 1.87 bits per heavy atom. The molecule has 1 aliphatic heterocycles. The lowest BCUT2D eigenvalue weighted by atomic mass is 9.99. The number of primary sulfonamides is 1. The molecule has 1 saturated heterocycles. The van der Waals surface area contributed by atoms with Crippen molar-refractivity contribution in [2.45, 2.75) is 31.1 Å². The van der Waals surface area contributed by atoms with Crippen LogP contribution in [0.15, 0.2) is 29.2 Å². The number of amides is 1.